The molecule has 54 heavy (non-hydrogen) atoms. The quantitative estimate of drug-likeness (QED) is 0.162. The van der Waals surface area contributed by atoms with Crippen LogP contribution >= 0.6 is 0 Å². The Kier molecular flexibility index (Phi) is 7.85. The van der Waals surface area contributed by atoms with E-state index in [1.165, 1.54) is 66.0 Å². The molecule has 0 aliphatic rings. The number of para-hydroxylation sites is 4. The minimum atomic E-state index is 1.09. The summed E-state index contributed by atoms with van der Waals surface area (Å²) < 4.78 is 2.40. The van der Waals surface area contributed by atoms with Crippen LogP contribution in [0.5, 0.6) is 0 Å². The van der Waals surface area contributed by atoms with Crippen molar-refractivity contribution in [2.24, 2.45) is 0 Å². The Bertz CT molecular complexity index is 2920. The number of hydrogen-bond donors (Lipinski definition) is 0. The van der Waals surface area contributed by atoms with Crippen LogP contribution in [0, 0.1) is 0 Å². The number of aromatic nitrogens is 1. The van der Waals surface area contributed by atoms with Gasteiger partial charge in [-0.2, -0.15) is 0 Å². The maximum absolute atomic E-state index is 2.45. The van der Waals surface area contributed by atoms with Crippen LogP contribution in [0.25, 0.3) is 71.6 Å². The summed E-state index contributed by atoms with van der Waals surface area (Å²) >= 11 is 0. The molecule has 0 aliphatic heterocycles. The molecule has 1 heterocycles. The van der Waals surface area contributed by atoms with Crippen molar-refractivity contribution in [3.05, 3.63) is 218 Å². The van der Waals surface area contributed by atoms with E-state index in [0.717, 1.165) is 22.7 Å². The van der Waals surface area contributed by atoms with E-state index in [9.17, 15) is 0 Å². The first kappa shape index (κ1) is 31.6. The first-order valence-electron chi connectivity index (χ1n) is 18.5. The molecule has 9 aromatic carbocycles. The Hall–Kier alpha value is -7.16. The molecule has 0 radical (unpaired) electrons. The molecule has 10 rings (SSSR count). The second-order valence-electron chi connectivity index (χ2n) is 13.7. The van der Waals surface area contributed by atoms with Crippen LogP contribution < -0.4 is 4.90 Å². The Balaban J connectivity index is 1.24. The van der Waals surface area contributed by atoms with Crippen LogP contribution in [0.3, 0.4) is 0 Å². The number of hydrogen-bond acceptors (Lipinski definition) is 1. The van der Waals surface area contributed by atoms with E-state index in [-0.39, 0.29) is 0 Å². The van der Waals surface area contributed by atoms with E-state index in [1.807, 2.05) is 0 Å². The molecular weight excluding hydrogens is 653 g/mol. The van der Waals surface area contributed by atoms with Gasteiger partial charge in [-0.25, -0.2) is 0 Å². The van der Waals surface area contributed by atoms with Crippen LogP contribution in [-0.2, 0) is 0 Å². The van der Waals surface area contributed by atoms with Crippen molar-refractivity contribution in [1.82, 2.24) is 4.57 Å². The lowest BCUT2D eigenvalue weighted by Gasteiger charge is -2.30. The van der Waals surface area contributed by atoms with E-state index in [1.54, 1.807) is 0 Å². The molecule has 2 nitrogen and oxygen atoms in total. The van der Waals surface area contributed by atoms with Gasteiger partial charge in [0, 0.05) is 33.3 Å². The summed E-state index contributed by atoms with van der Waals surface area (Å²) in [7, 11) is 0. The fourth-order valence-corrected chi connectivity index (χ4v) is 8.19. The highest BCUT2D eigenvalue weighted by atomic mass is 15.1. The Morgan fingerprint density at radius 3 is 1.57 bits per heavy atom. The van der Waals surface area contributed by atoms with Crippen LogP contribution in [-0.4, -0.2) is 4.57 Å². The third-order valence-corrected chi connectivity index (χ3v) is 10.6. The summed E-state index contributed by atoms with van der Waals surface area (Å²) in [6.45, 7) is 0. The molecule has 0 amide bonds. The predicted molar refractivity (Wildman–Crippen MR) is 229 cm³/mol. The van der Waals surface area contributed by atoms with Crippen molar-refractivity contribution >= 4 is 49.6 Å². The molecule has 10 aromatic rings. The fraction of sp³-hybridized carbons (Fsp3) is 0. The lowest BCUT2D eigenvalue weighted by molar-refractivity contribution is 1.18. The van der Waals surface area contributed by atoms with Gasteiger partial charge in [0.25, 0.3) is 0 Å². The van der Waals surface area contributed by atoms with Crippen LogP contribution in [0.4, 0.5) is 17.1 Å². The standard InChI is InChI=1S/C52H36N2/c1-3-17-37(18-4-1)38-33-35-41(36-34-38)53(48-29-12-9-24-44(48)43-27-15-20-39-19-7-8-23-42(39)43)49-30-13-10-25-45(49)46-28-16-32-51-52(46)47-26-11-14-31-50(47)54(51)40-21-5-2-6-22-40/h1-36H. The zero-order chi connectivity index (χ0) is 35.8. The summed E-state index contributed by atoms with van der Waals surface area (Å²) in [6.07, 6.45) is 0. The normalized spacial score (nSPS) is 11.3. The van der Waals surface area contributed by atoms with Crippen molar-refractivity contribution in [2.75, 3.05) is 4.90 Å². The highest BCUT2D eigenvalue weighted by molar-refractivity contribution is 6.17. The Labute approximate surface area is 315 Å². The zero-order valence-corrected chi connectivity index (χ0v) is 29.7. The Morgan fingerprint density at radius 1 is 0.315 bits per heavy atom. The van der Waals surface area contributed by atoms with Gasteiger partial charge in [0.05, 0.1) is 22.4 Å². The molecule has 0 spiro atoms. The summed E-state index contributed by atoms with van der Waals surface area (Å²) in [5.74, 6) is 0. The molecule has 2 heteroatoms. The summed E-state index contributed by atoms with van der Waals surface area (Å²) in [5.41, 5.74) is 14.0. The van der Waals surface area contributed by atoms with E-state index in [4.69, 9.17) is 0 Å². The third-order valence-electron chi connectivity index (χ3n) is 10.6. The highest BCUT2D eigenvalue weighted by Crippen LogP contribution is 2.48. The van der Waals surface area contributed by atoms with Gasteiger partial charge in [0.1, 0.15) is 0 Å². The largest absolute Gasteiger partial charge is 0.309 e. The molecule has 0 N–H and O–H groups in total. The minimum Gasteiger partial charge on any atom is -0.309 e. The lowest BCUT2D eigenvalue weighted by atomic mass is 9.94. The number of nitrogens with zero attached hydrogens (tertiary/aromatic N) is 2. The summed E-state index contributed by atoms with van der Waals surface area (Å²) in [6, 6.07) is 78.9. The maximum Gasteiger partial charge on any atom is 0.0547 e. The van der Waals surface area contributed by atoms with Crippen LogP contribution in [0.15, 0.2) is 218 Å². The molecule has 0 atom stereocenters. The minimum absolute atomic E-state index is 1.09. The van der Waals surface area contributed by atoms with Crippen molar-refractivity contribution < 1.29 is 0 Å². The first-order chi connectivity index (χ1) is 26.8. The molecule has 0 fully saturated rings. The average molecular weight is 689 g/mol. The van der Waals surface area contributed by atoms with Gasteiger partial charge in [-0.05, 0) is 81.6 Å². The number of benzene rings is 9. The molecule has 0 unspecified atom stereocenters. The number of rotatable bonds is 7. The fourth-order valence-electron chi connectivity index (χ4n) is 8.19. The monoisotopic (exact) mass is 688 g/mol. The van der Waals surface area contributed by atoms with E-state index in [0.29, 0.717) is 0 Å². The smallest absolute Gasteiger partial charge is 0.0547 e. The van der Waals surface area contributed by atoms with Crippen molar-refractivity contribution in [3.8, 4) is 39.1 Å². The SMILES string of the molecule is c1ccc(-c2ccc(N(c3ccccc3-c3cccc4ccccc34)c3ccccc3-c3cccc4c3c3ccccc3n4-c3ccccc3)cc2)cc1. The lowest BCUT2D eigenvalue weighted by Crippen LogP contribution is -2.12. The molecule has 0 bridgehead atoms. The van der Waals surface area contributed by atoms with E-state index in [2.05, 4.69) is 228 Å². The average Bonchev–Trinajstić information content (AvgIpc) is 3.60. The highest BCUT2D eigenvalue weighted by Gasteiger charge is 2.23. The molecule has 0 saturated heterocycles. The molecule has 0 saturated carbocycles. The third kappa shape index (κ3) is 5.36. The van der Waals surface area contributed by atoms with E-state index >= 15 is 0 Å². The summed E-state index contributed by atoms with van der Waals surface area (Å²) in [4.78, 5) is 2.45. The van der Waals surface area contributed by atoms with Gasteiger partial charge in [-0.15, -0.1) is 0 Å². The first-order valence-corrected chi connectivity index (χ1v) is 18.5. The second-order valence-corrected chi connectivity index (χ2v) is 13.7. The summed E-state index contributed by atoms with van der Waals surface area (Å²) in [5, 5.41) is 4.94. The predicted octanol–water partition coefficient (Wildman–Crippen LogP) is 14.4. The van der Waals surface area contributed by atoms with Gasteiger partial charge in [-0.1, -0.05) is 170 Å². The topological polar surface area (TPSA) is 8.17 Å². The van der Waals surface area contributed by atoms with Crippen LogP contribution in [0.1, 0.15) is 0 Å². The number of fused-ring (bicyclic) bond motifs is 4. The van der Waals surface area contributed by atoms with Crippen LogP contribution in [0.2, 0.25) is 0 Å². The second kappa shape index (κ2) is 13.4. The van der Waals surface area contributed by atoms with Gasteiger partial charge in [0.15, 0.2) is 0 Å². The van der Waals surface area contributed by atoms with Gasteiger partial charge in [-0.3, -0.25) is 0 Å². The molecule has 0 aliphatic carbocycles. The Morgan fingerprint density at radius 2 is 0.815 bits per heavy atom. The van der Waals surface area contributed by atoms with Crippen molar-refractivity contribution in [1.29, 1.82) is 0 Å². The van der Waals surface area contributed by atoms with Gasteiger partial charge in [0.2, 0.25) is 0 Å². The van der Waals surface area contributed by atoms with E-state index < -0.39 is 0 Å². The molecule has 1 aromatic heterocycles. The van der Waals surface area contributed by atoms with Gasteiger partial charge < -0.3 is 9.47 Å². The van der Waals surface area contributed by atoms with Crippen molar-refractivity contribution in [3.63, 3.8) is 0 Å². The van der Waals surface area contributed by atoms with Crippen molar-refractivity contribution in [2.45, 2.75) is 0 Å². The number of anilines is 3. The molecule has 254 valence electrons. The molecular formula is C52H36N2. The maximum atomic E-state index is 2.45. The van der Waals surface area contributed by atoms with Gasteiger partial charge >= 0.3 is 0 Å². The zero-order valence-electron chi connectivity index (χ0n) is 29.7.